The predicted molar refractivity (Wildman–Crippen MR) is 127 cm³/mol. The lowest BCUT2D eigenvalue weighted by Crippen LogP contribution is -2.49. The molecule has 9 heteroatoms. The van der Waals surface area contributed by atoms with Gasteiger partial charge >= 0.3 is 0 Å². The summed E-state index contributed by atoms with van der Waals surface area (Å²) in [5.41, 5.74) is 6.34. The molecule has 2 aromatic carbocycles. The monoisotopic (exact) mass is 507 g/mol. The summed E-state index contributed by atoms with van der Waals surface area (Å²) in [6, 6.07) is 12.6. The van der Waals surface area contributed by atoms with Crippen LogP contribution < -0.4 is 25.6 Å². The van der Waals surface area contributed by atoms with E-state index >= 15 is 0 Å². The Labute approximate surface area is 196 Å². The van der Waals surface area contributed by atoms with Crippen LogP contribution in [0.4, 0.5) is 0 Å². The number of hydrogen-bond acceptors (Lipinski definition) is 5. The molecule has 2 aromatic rings. The summed E-state index contributed by atoms with van der Waals surface area (Å²) in [7, 11) is 0. The van der Waals surface area contributed by atoms with Crippen molar-refractivity contribution >= 4 is 45.1 Å². The average molecular weight is 508 g/mol. The van der Waals surface area contributed by atoms with Gasteiger partial charge in [-0.05, 0) is 77.2 Å². The summed E-state index contributed by atoms with van der Waals surface area (Å²) in [6.07, 6.45) is 0.965. The molecule has 0 spiro atoms. The maximum absolute atomic E-state index is 12.3. The topological polar surface area (TPSA) is 88.7 Å². The molecule has 3 N–H and O–H groups in total. The van der Waals surface area contributed by atoms with E-state index in [0.717, 1.165) is 12.0 Å². The van der Waals surface area contributed by atoms with E-state index in [2.05, 4.69) is 45.9 Å². The molecule has 0 heterocycles. The normalized spacial score (nSPS) is 11.2. The van der Waals surface area contributed by atoms with E-state index in [4.69, 9.17) is 21.7 Å². The second-order valence-corrected chi connectivity index (χ2v) is 7.93. The van der Waals surface area contributed by atoms with Crippen molar-refractivity contribution in [3.8, 4) is 11.5 Å². The first kappa shape index (κ1) is 24.6. The Morgan fingerprint density at radius 1 is 1.06 bits per heavy atom. The summed E-state index contributed by atoms with van der Waals surface area (Å²) in [4.78, 5) is 24.4. The molecule has 0 saturated heterocycles. The highest BCUT2D eigenvalue weighted by Crippen LogP contribution is 2.28. The number of thiocarbonyl (C=S) groups is 1. The zero-order valence-electron chi connectivity index (χ0n) is 17.7. The minimum absolute atomic E-state index is 0.0386. The fraction of sp³-hybridized carbons (Fsp3) is 0.318. The van der Waals surface area contributed by atoms with Gasteiger partial charge in [0.1, 0.15) is 11.5 Å². The van der Waals surface area contributed by atoms with Crippen molar-refractivity contribution in [1.82, 2.24) is 16.2 Å². The molecule has 1 unspecified atom stereocenters. The molecular weight excluding hydrogens is 482 g/mol. The van der Waals surface area contributed by atoms with Crippen molar-refractivity contribution in [1.29, 1.82) is 0 Å². The first-order chi connectivity index (χ1) is 14.8. The molecule has 0 bridgehead atoms. The van der Waals surface area contributed by atoms with Gasteiger partial charge in [0.2, 0.25) is 0 Å². The van der Waals surface area contributed by atoms with Crippen LogP contribution in [0.3, 0.4) is 0 Å². The molecule has 31 heavy (non-hydrogen) atoms. The number of benzene rings is 2. The van der Waals surface area contributed by atoms with Crippen LogP contribution in [-0.4, -0.2) is 30.1 Å². The molecule has 2 amide bonds. The molecular formula is C22H26BrN3O4S. The number of carbonyl (C=O) groups excluding carboxylic acids is 2. The molecule has 0 saturated carbocycles. The molecule has 0 fully saturated rings. The van der Waals surface area contributed by atoms with Gasteiger partial charge in [0.25, 0.3) is 11.8 Å². The summed E-state index contributed by atoms with van der Waals surface area (Å²) in [5, 5.41) is 2.46. The number of para-hydroxylation sites is 1. The molecule has 7 nitrogen and oxygen atoms in total. The molecule has 166 valence electrons. The van der Waals surface area contributed by atoms with Crippen LogP contribution in [0.5, 0.6) is 11.5 Å². The van der Waals surface area contributed by atoms with Gasteiger partial charge in [0.05, 0.1) is 11.1 Å². The van der Waals surface area contributed by atoms with Crippen molar-refractivity contribution in [3.05, 3.63) is 58.1 Å². The summed E-state index contributed by atoms with van der Waals surface area (Å²) < 4.78 is 11.7. The Bertz CT molecular complexity index is 939. The third-order valence-electron chi connectivity index (χ3n) is 4.46. The van der Waals surface area contributed by atoms with E-state index in [0.29, 0.717) is 34.1 Å². The third kappa shape index (κ3) is 7.52. The second kappa shape index (κ2) is 12.3. The highest BCUT2D eigenvalue weighted by atomic mass is 79.9. The number of hydrazine groups is 1. The minimum atomic E-state index is -0.431. The highest BCUT2D eigenvalue weighted by molar-refractivity contribution is 9.10. The van der Waals surface area contributed by atoms with E-state index in [1.165, 1.54) is 0 Å². The average Bonchev–Trinajstić information content (AvgIpc) is 2.77. The van der Waals surface area contributed by atoms with Crippen molar-refractivity contribution < 1.29 is 19.1 Å². The largest absolute Gasteiger partial charge is 0.493 e. The van der Waals surface area contributed by atoms with E-state index in [1.807, 2.05) is 31.2 Å². The van der Waals surface area contributed by atoms with Crippen LogP contribution in [0, 0.1) is 0 Å². The van der Waals surface area contributed by atoms with Crippen molar-refractivity contribution in [2.45, 2.75) is 33.1 Å². The molecule has 0 aromatic heterocycles. The van der Waals surface area contributed by atoms with Gasteiger partial charge in [-0.15, -0.1) is 0 Å². The fourth-order valence-corrected chi connectivity index (χ4v) is 3.30. The van der Waals surface area contributed by atoms with E-state index < -0.39 is 11.8 Å². The first-order valence-corrected chi connectivity index (χ1v) is 11.1. The summed E-state index contributed by atoms with van der Waals surface area (Å²) in [6.45, 7) is 6.40. The third-order valence-corrected chi connectivity index (χ3v) is 5.28. The summed E-state index contributed by atoms with van der Waals surface area (Å²) in [5.74, 6) is 0.780. The Morgan fingerprint density at radius 2 is 1.81 bits per heavy atom. The van der Waals surface area contributed by atoms with Gasteiger partial charge in [0, 0.05) is 5.56 Å². The van der Waals surface area contributed by atoms with Crippen molar-refractivity contribution in [3.63, 3.8) is 0 Å². The number of rotatable bonds is 8. The maximum atomic E-state index is 12.3. The Kier molecular flexibility index (Phi) is 9.74. The van der Waals surface area contributed by atoms with E-state index in [-0.39, 0.29) is 11.7 Å². The van der Waals surface area contributed by atoms with Gasteiger partial charge in [-0.3, -0.25) is 25.8 Å². The van der Waals surface area contributed by atoms with Gasteiger partial charge in [-0.2, -0.15) is 0 Å². The number of nitrogens with one attached hydrogen (secondary N) is 3. The lowest BCUT2D eigenvalue weighted by molar-refractivity contribution is -0.123. The van der Waals surface area contributed by atoms with Crippen LogP contribution in [0.1, 0.15) is 49.0 Å². The van der Waals surface area contributed by atoms with Crippen LogP contribution >= 0.6 is 28.1 Å². The van der Waals surface area contributed by atoms with E-state index in [9.17, 15) is 9.59 Å². The van der Waals surface area contributed by atoms with Crippen LogP contribution in [0.25, 0.3) is 0 Å². The highest BCUT2D eigenvalue weighted by Gasteiger charge is 2.13. The molecule has 2 rings (SSSR count). The molecule has 0 aliphatic carbocycles. The van der Waals surface area contributed by atoms with Crippen LogP contribution in [0.2, 0.25) is 0 Å². The smallest absolute Gasteiger partial charge is 0.276 e. The van der Waals surface area contributed by atoms with Gasteiger partial charge in [0.15, 0.2) is 11.7 Å². The number of carbonyl (C=O) groups is 2. The molecule has 0 radical (unpaired) electrons. The molecule has 0 aliphatic heterocycles. The Hall–Kier alpha value is -2.65. The zero-order valence-corrected chi connectivity index (χ0v) is 20.1. The van der Waals surface area contributed by atoms with Crippen LogP contribution in [0.15, 0.2) is 46.9 Å². The molecule has 1 atom stereocenters. The number of hydrogen-bond donors (Lipinski definition) is 3. The number of ether oxygens (including phenoxy) is 2. The van der Waals surface area contributed by atoms with Gasteiger partial charge in [-0.25, -0.2) is 0 Å². The minimum Gasteiger partial charge on any atom is -0.493 e. The van der Waals surface area contributed by atoms with E-state index in [1.54, 1.807) is 18.2 Å². The zero-order chi connectivity index (χ0) is 22.8. The van der Waals surface area contributed by atoms with Crippen molar-refractivity contribution in [2.24, 2.45) is 0 Å². The number of halogens is 1. The lowest BCUT2D eigenvalue weighted by Gasteiger charge is -2.16. The van der Waals surface area contributed by atoms with Crippen molar-refractivity contribution in [2.75, 3.05) is 13.2 Å². The quantitative estimate of drug-likeness (QED) is 0.368. The maximum Gasteiger partial charge on any atom is 0.276 e. The van der Waals surface area contributed by atoms with Crippen LogP contribution in [-0.2, 0) is 4.79 Å². The molecule has 0 aliphatic rings. The second-order valence-electron chi connectivity index (χ2n) is 6.67. The standard InChI is InChI=1S/C22H26BrN3O4S/c1-4-14(3)16-8-6-7-9-18(16)30-13-20(27)25-26-22(31)24-21(28)15-10-11-19(29-5-2)17(23)12-15/h6-12,14H,4-5,13H2,1-3H3,(H,25,27)(H2,24,26,28,31). The number of amides is 2. The Balaban J connectivity index is 1.81. The van der Waals surface area contributed by atoms with Gasteiger partial charge in [-0.1, -0.05) is 32.0 Å². The predicted octanol–water partition coefficient (Wildman–Crippen LogP) is 4.08. The first-order valence-electron chi connectivity index (χ1n) is 9.89. The SMILES string of the molecule is CCOc1ccc(C(=O)NC(=S)NNC(=O)COc2ccccc2C(C)CC)cc1Br. The Morgan fingerprint density at radius 3 is 2.48 bits per heavy atom. The lowest BCUT2D eigenvalue weighted by atomic mass is 9.98. The summed E-state index contributed by atoms with van der Waals surface area (Å²) >= 11 is 8.43. The fourth-order valence-electron chi connectivity index (χ4n) is 2.67. The van der Waals surface area contributed by atoms with Gasteiger partial charge < -0.3 is 9.47 Å².